The molecule has 4 nitrogen and oxygen atoms in total. The van der Waals surface area contributed by atoms with E-state index in [-0.39, 0.29) is 17.5 Å². The van der Waals surface area contributed by atoms with Crippen LogP contribution in [0.3, 0.4) is 0 Å². The molecule has 0 aromatic heterocycles. The molecule has 1 N–H and O–H groups in total. The number of hydrogen-bond acceptors (Lipinski definition) is 4. The average Bonchev–Trinajstić information content (AvgIpc) is 2.26. The van der Waals surface area contributed by atoms with Crippen LogP contribution in [0.15, 0.2) is 0 Å². The number of aliphatic hydroxyl groups is 1. The number of hydrogen-bond donors (Lipinski definition) is 1. The zero-order valence-electron chi connectivity index (χ0n) is 11.2. The largest absolute Gasteiger partial charge is 0.466 e. The van der Waals surface area contributed by atoms with Crippen molar-refractivity contribution in [1.82, 2.24) is 0 Å². The number of esters is 1. The Bertz CT molecular complexity index is 262. The van der Waals surface area contributed by atoms with Gasteiger partial charge in [-0.2, -0.15) is 0 Å². The summed E-state index contributed by atoms with van der Waals surface area (Å²) in [7, 11) is 0. The maximum atomic E-state index is 11.6. The van der Waals surface area contributed by atoms with Crippen molar-refractivity contribution in [3.05, 3.63) is 0 Å². The third-order valence-corrected chi connectivity index (χ3v) is 3.39. The molecule has 0 saturated carbocycles. The third-order valence-electron chi connectivity index (χ3n) is 3.39. The van der Waals surface area contributed by atoms with Gasteiger partial charge in [-0.1, -0.05) is 0 Å². The van der Waals surface area contributed by atoms with E-state index in [0.717, 1.165) is 12.8 Å². The number of aliphatic hydroxyl groups excluding tert-OH is 1. The molecule has 1 heterocycles. The highest BCUT2D eigenvalue weighted by Crippen LogP contribution is 2.33. The predicted molar refractivity (Wildman–Crippen MR) is 64.6 cm³/mol. The SMILES string of the molecule is CCOC(=O)[C@H](C)[C@@H](O)[C@H]1CCOC(C)(C)C1. The summed E-state index contributed by atoms with van der Waals surface area (Å²) in [4.78, 5) is 11.6. The van der Waals surface area contributed by atoms with Gasteiger partial charge in [0.15, 0.2) is 0 Å². The smallest absolute Gasteiger partial charge is 0.311 e. The first-order valence-electron chi connectivity index (χ1n) is 6.36. The van der Waals surface area contributed by atoms with Gasteiger partial charge in [0.1, 0.15) is 0 Å². The first-order valence-corrected chi connectivity index (χ1v) is 6.36. The summed E-state index contributed by atoms with van der Waals surface area (Å²) in [6, 6.07) is 0. The molecule has 1 rings (SSSR count). The van der Waals surface area contributed by atoms with Gasteiger partial charge in [-0.05, 0) is 46.5 Å². The Morgan fingerprint density at radius 2 is 2.24 bits per heavy atom. The molecule has 0 bridgehead atoms. The number of carbonyl (C=O) groups excluding carboxylic acids is 1. The van der Waals surface area contributed by atoms with Gasteiger partial charge < -0.3 is 14.6 Å². The van der Waals surface area contributed by atoms with Gasteiger partial charge in [0.25, 0.3) is 0 Å². The van der Waals surface area contributed by atoms with Crippen molar-refractivity contribution in [2.24, 2.45) is 11.8 Å². The highest BCUT2D eigenvalue weighted by Gasteiger charge is 2.37. The molecule has 0 aliphatic carbocycles. The topological polar surface area (TPSA) is 55.8 Å². The van der Waals surface area contributed by atoms with Crippen molar-refractivity contribution in [1.29, 1.82) is 0 Å². The first-order chi connectivity index (χ1) is 7.87. The molecule has 100 valence electrons. The Hall–Kier alpha value is -0.610. The molecule has 0 unspecified atom stereocenters. The van der Waals surface area contributed by atoms with E-state index >= 15 is 0 Å². The van der Waals surface area contributed by atoms with Crippen LogP contribution >= 0.6 is 0 Å². The molecule has 1 aliphatic heterocycles. The van der Waals surface area contributed by atoms with Crippen LogP contribution in [0.1, 0.15) is 40.5 Å². The Labute approximate surface area is 103 Å². The Morgan fingerprint density at radius 3 is 2.76 bits per heavy atom. The summed E-state index contributed by atoms with van der Waals surface area (Å²) >= 11 is 0. The summed E-state index contributed by atoms with van der Waals surface area (Å²) in [5.41, 5.74) is -0.210. The molecule has 1 saturated heterocycles. The molecule has 3 atom stereocenters. The fourth-order valence-corrected chi connectivity index (χ4v) is 2.39. The predicted octanol–water partition coefficient (Wildman–Crippen LogP) is 1.75. The maximum Gasteiger partial charge on any atom is 0.311 e. The van der Waals surface area contributed by atoms with Gasteiger partial charge >= 0.3 is 5.97 Å². The van der Waals surface area contributed by atoms with E-state index in [9.17, 15) is 9.90 Å². The molecule has 0 spiro atoms. The zero-order chi connectivity index (χ0) is 13.1. The van der Waals surface area contributed by atoms with Gasteiger partial charge in [-0.15, -0.1) is 0 Å². The van der Waals surface area contributed by atoms with Crippen LogP contribution in [0.5, 0.6) is 0 Å². The highest BCUT2D eigenvalue weighted by atomic mass is 16.5. The second-order valence-corrected chi connectivity index (χ2v) is 5.39. The molecule has 1 aliphatic rings. The van der Waals surface area contributed by atoms with E-state index in [4.69, 9.17) is 9.47 Å². The molecule has 4 heteroatoms. The van der Waals surface area contributed by atoms with E-state index in [1.54, 1.807) is 13.8 Å². The van der Waals surface area contributed by atoms with Crippen molar-refractivity contribution in [2.75, 3.05) is 13.2 Å². The summed E-state index contributed by atoms with van der Waals surface area (Å²) in [5, 5.41) is 10.2. The minimum absolute atomic E-state index is 0.109. The van der Waals surface area contributed by atoms with E-state index in [0.29, 0.717) is 13.2 Å². The van der Waals surface area contributed by atoms with Crippen LogP contribution in [-0.2, 0) is 14.3 Å². The lowest BCUT2D eigenvalue weighted by Crippen LogP contribution is -2.42. The fraction of sp³-hybridized carbons (Fsp3) is 0.923. The molecular weight excluding hydrogens is 220 g/mol. The second-order valence-electron chi connectivity index (χ2n) is 5.39. The van der Waals surface area contributed by atoms with Crippen LogP contribution in [0.25, 0.3) is 0 Å². The molecule has 0 aromatic carbocycles. The normalized spacial score (nSPS) is 27.2. The molecule has 17 heavy (non-hydrogen) atoms. The van der Waals surface area contributed by atoms with E-state index in [1.807, 2.05) is 13.8 Å². The molecule has 0 aromatic rings. The summed E-state index contributed by atoms with van der Waals surface area (Å²) in [6.07, 6.45) is 0.934. The number of ether oxygens (including phenoxy) is 2. The first kappa shape index (κ1) is 14.5. The monoisotopic (exact) mass is 244 g/mol. The van der Waals surface area contributed by atoms with Crippen molar-refractivity contribution < 1.29 is 19.4 Å². The fourth-order valence-electron chi connectivity index (χ4n) is 2.39. The minimum Gasteiger partial charge on any atom is -0.466 e. The number of rotatable bonds is 4. The van der Waals surface area contributed by atoms with E-state index < -0.39 is 12.0 Å². The minimum atomic E-state index is -0.641. The Balaban J connectivity index is 2.56. The van der Waals surface area contributed by atoms with Crippen molar-refractivity contribution in [2.45, 2.75) is 52.2 Å². The second kappa shape index (κ2) is 5.83. The van der Waals surface area contributed by atoms with Gasteiger partial charge in [-0.3, -0.25) is 4.79 Å². The third kappa shape index (κ3) is 3.96. The molecule has 0 radical (unpaired) electrons. The van der Waals surface area contributed by atoms with Crippen LogP contribution in [0, 0.1) is 11.8 Å². The quantitative estimate of drug-likeness (QED) is 0.765. The summed E-state index contributed by atoms with van der Waals surface area (Å²) in [5.74, 6) is -0.670. The van der Waals surface area contributed by atoms with Crippen LogP contribution < -0.4 is 0 Å². The Morgan fingerprint density at radius 1 is 1.59 bits per heavy atom. The summed E-state index contributed by atoms with van der Waals surface area (Å²) in [6.45, 7) is 8.53. The number of carbonyl (C=O) groups is 1. The van der Waals surface area contributed by atoms with Gasteiger partial charge in [-0.25, -0.2) is 0 Å². The average molecular weight is 244 g/mol. The van der Waals surface area contributed by atoms with Gasteiger partial charge in [0.2, 0.25) is 0 Å². The van der Waals surface area contributed by atoms with Gasteiger partial charge in [0.05, 0.1) is 24.2 Å². The lowest BCUT2D eigenvalue weighted by atomic mass is 9.80. The zero-order valence-corrected chi connectivity index (χ0v) is 11.2. The lowest BCUT2D eigenvalue weighted by molar-refractivity contribution is -0.156. The van der Waals surface area contributed by atoms with Crippen LogP contribution in [-0.4, -0.2) is 36.0 Å². The van der Waals surface area contributed by atoms with E-state index in [1.165, 1.54) is 0 Å². The highest BCUT2D eigenvalue weighted by molar-refractivity contribution is 5.72. The maximum absolute atomic E-state index is 11.6. The molecular formula is C13H24O4. The molecule has 0 amide bonds. The van der Waals surface area contributed by atoms with Gasteiger partial charge in [0, 0.05) is 6.61 Å². The van der Waals surface area contributed by atoms with Crippen molar-refractivity contribution in [3.63, 3.8) is 0 Å². The summed E-state index contributed by atoms with van der Waals surface area (Å²) < 4.78 is 10.5. The standard InChI is InChI=1S/C13H24O4/c1-5-16-12(15)9(2)11(14)10-6-7-17-13(3,4)8-10/h9-11,14H,5-8H2,1-4H3/t9-,10+,11-/m1/s1. The Kier molecular flexibility index (Phi) is 4.95. The molecule has 1 fully saturated rings. The van der Waals surface area contributed by atoms with E-state index in [2.05, 4.69) is 0 Å². The lowest BCUT2D eigenvalue weighted by Gasteiger charge is -2.38. The van der Waals surface area contributed by atoms with Crippen LogP contribution in [0.4, 0.5) is 0 Å². The van der Waals surface area contributed by atoms with Crippen molar-refractivity contribution in [3.8, 4) is 0 Å². The van der Waals surface area contributed by atoms with Crippen molar-refractivity contribution >= 4 is 5.97 Å². The van der Waals surface area contributed by atoms with Crippen LogP contribution in [0.2, 0.25) is 0 Å².